The number of benzene rings is 1. The summed E-state index contributed by atoms with van der Waals surface area (Å²) in [7, 11) is 0. The van der Waals surface area contributed by atoms with Gasteiger partial charge in [0.2, 0.25) is 5.91 Å². The van der Waals surface area contributed by atoms with Crippen LogP contribution in [0.2, 0.25) is 0 Å². The molecule has 140 valence electrons. The second kappa shape index (κ2) is 7.72. The van der Waals surface area contributed by atoms with Crippen LogP contribution in [0.25, 0.3) is 5.69 Å². The maximum absolute atomic E-state index is 12.8. The molecule has 26 heavy (non-hydrogen) atoms. The van der Waals surface area contributed by atoms with Crippen LogP contribution in [0.5, 0.6) is 0 Å². The van der Waals surface area contributed by atoms with Crippen LogP contribution in [0.4, 0.5) is 5.69 Å². The molecule has 2 aliphatic carbocycles. The highest BCUT2D eigenvalue weighted by atomic mass is 35.5. The zero-order chi connectivity index (χ0) is 17.4. The van der Waals surface area contributed by atoms with Crippen LogP contribution in [-0.2, 0) is 4.79 Å². The van der Waals surface area contributed by atoms with Gasteiger partial charge in [-0.3, -0.25) is 4.79 Å². The largest absolute Gasteiger partial charge is 0.327 e. The maximum Gasteiger partial charge on any atom is 0.227 e. The van der Waals surface area contributed by atoms with Crippen molar-refractivity contribution in [3.05, 3.63) is 30.1 Å². The topological polar surface area (TPSA) is 98.7 Å². The van der Waals surface area contributed by atoms with Gasteiger partial charge in [0, 0.05) is 17.6 Å². The number of tetrazole rings is 1. The third-order valence-corrected chi connectivity index (χ3v) is 5.77. The Balaban J connectivity index is 0.00000196. The summed E-state index contributed by atoms with van der Waals surface area (Å²) < 4.78 is 1.65. The summed E-state index contributed by atoms with van der Waals surface area (Å²) >= 11 is 0. The summed E-state index contributed by atoms with van der Waals surface area (Å²) in [6.07, 6.45) is 5.40. The number of nitrogens with two attached hydrogens (primary N) is 1. The summed E-state index contributed by atoms with van der Waals surface area (Å²) in [6.45, 7) is 1.84. The van der Waals surface area contributed by atoms with Gasteiger partial charge < -0.3 is 11.1 Å². The van der Waals surface area contributed by atoms with Gasteiger partial charge in [-0.15, -0.1) is 17.5 Å². The van der Waals surface area contributed by atoms with E-state index in [0.717, 1.165) is 37.1 Å². The molecule has 2 bridgehead atoms. The van der Waals surface area contributed by atoms with E-state index in [0.29, 0.717) is 17.7 Å². The third-order valence-electron chi connectivity index (χ3n) is 5.77. The van der Waals surface area contributed by atoms with E-state index < -0.39 is 0 Å². The minimum atomic E-state index is 0. The number of nitrogens with one attached hydrogen (secondary N) is 1. The number of amides is 1. The lowest BCUT2D eigenvalue weighted by Gasteiger charge is -2.43. The van der Waals surface area contributed by atoms with E-state index in [1.807, 2.05) is 31.2 Å². The Hall–Kier alpha value is -1.99. The van der Waals surface area contributed by atoms with Crippen molar-refractivity contribution in [2.45, 2.75) is 45.1 Å². The number of hydrogen-bond donors (Lipinski definition) is 2. The molecule has 8 heteroatoms. The van der Waals surface area contributed by atoms with Crippen molar-refractivity contribution in [2.75, 3.05) is 5.32 Å². The Morgan fingerprint density at radius 2 is 2.00 bits per heavy atom. The molecule has 2 fully saturated rings. The van der Waals surface area contributed by atoms with E-state index in [-0.39, 0.29) is 30.3 Å². The van der Waals surface area contributed by atoms with Crippen LogP contribution in [0, 0.1) is 24.7 Å². The first-order valence-corrected chi connectivity index (χ1v) is 9.03. The van der Waals surface area contributed by atoms with Crippen LogP contribution >= 0.6 is 12.4 Å². The van der Waals surface area contributed by atoms with E-state index in [1.165, 1.54) is 6.42 Å². The van der Waals surface area contributed by atoms with Gasteiger partial charge in [-0.25, -0.2) is 0 Å². The smallest absolute Gasteiger partial charge is 0.227 e. The molecule has 0 saturated heterocycles. The van der Waals surface area contributed by atoms with Gasteiger partial charge in [-0.1, -0.05) is 12.5 Å². The van der Waals surface area contributed by atoms with Crippen molar-refractivity contribution >= 4 is 24.0 Å². The molecule has 2 aliphatic rings. The molecule has 2 saturated carbocycles. The lowest BCUT2D eigenvalue weighted by Crippen LogP contribution is -2.48. The normalized spacial score (nSPS) is 27.5. The van der Waals surface area contributed by atoms with Gasteiger partial charge >= 0.3 is 0 Å². The lowest BCUT2D eigenvalue weighted by molar-refractivity contribution is -0.122. The summed E-state index contributed by atoms with van der Waals surface area (Å²) in [5.41, 5.74) is 7.95. The fourth-order valence-corrected chi connectivity index (χ4v) is 4.43. The highest BCUT2D eigenvalue weighted by molar-refractivity contribution is 5.92. The van der Waals surface area contributed by atoms with E-state index in [1.54, 1.807) is 4.68 Å². The van der Waals surface area contributed by atoms with Crippen LogP contribution in [0.3, 0.4) is 0 Å². The van der Waals surface area contributed by atoms with Gasteiger partial charge in [0.05, 0.1) is 5.69 Å². The molecule has 1 amide bonds. The minimum Gasteiger partial charge on any atom is -0.327 e. The fourth-order valence-electron chi connectivity index (χ4n) is 4.43. The average molecular weight is 377 g/mol. The zero-order valence-electron chi connectivity index (χ0n) is 14.8. The van der Waals surface area contributed by atoms with Gasteiger partial charge in [-0.05, 0) is 73.1 Å². The lowest BCUT2D eigenvalue weighted by atomic mass is 9.65. The highest BCUT2D eigenvalue weighted by Gasteiger charge is 2.40. The molecule has 7 nitrogen and oxygen atoms in total. The second-order valence-electron chi connectivity index (χ2n) is 7.37. The summed E-state index contributed by atoms with van der Waals surface area (Å²) in [6, 6.07) is 7.90. The second-order valence-corrected chi connectivity index (χ2v) is 7.37. The zero-order valence-corrected chi connectivity index (χ0v) is 15.7. The van der Waals surface area contributed by atoms with Crippen molar-refractivity contribution in [3.63, 3.8) is 0 Å². The summed E-state index contributed by atoms with van der Waals surface area (Å²) in [5.74, 6) is 1.87. The number of nitrogens with zero attached hydrogens (tertiary/aromatic N) is 4. The number of carbonyl (C=O) groups excluding carboxylic acids is 1. The van der Waals surface area contributed by atoms with E-state index in [2.05, 4.69) is 20.8 Å². The Morgan fingerprint density at radius 1 is 1.27 bits per heavy atom. The average Bonchev–Trinajstić information content (AvgIpc) is 3.01. The van der Waals surface area contributed by atoms with Gasteiger partial charge in [0.1, 0.15) is 0 Å². The van der Waals surface area contributed by atoms with Crippen LogP contribution in [0.1, 0.15) is 37.9 Å². The third kappa shape index (κ3) is 3.59. The summed E-state index contributed by atoms with van der Waals surface area (Å²) in [5, 5.41) is 14.6. The summed E-state index contributed by atoms with van der Waals surface area (Å²) in [4.78, 5) is 12.8. The first kappa shape index (κ1) is 18.8. The van der Waals surface area contributed by atoms with Gasteiger partial charge in [0.25, 0.3) is 0 Å². The fraction of sp³-hybridized carbons (Fsp3) is 0.556. The monoisotopic (exact) mass is 376 g/mol. The van der Waals surface area contributed by atoms with E-state index in [4.69, 9.17) is 5.73 Å². The molecule has 1 heterocycles. The minimum absolute atomic E-state index is 0. The Labute approximate surface area is 159 Å². The van der Waals surface area contributed by atoms with Gasteiger partial charge in [0.15, 0.2) is 5.82 Å². The standard InChI is InChI=1S/C18H24N6O.ClH/c1-11-21-22-23-24(11)16-7-3-6-15(10-16)20-18(25)14-8-12-4-2-5-13(9-14)17(12)19;/h3,6-7,10,12-14,17H,2,4-5,8-9,19H2,1H3,(H,20,25);1H. The molecular formula is C18H25ClN6O. The van der Waals surface area contributed by atoms with E-state index >= 15 is 0 Å². The van der Waals surface area contributed by atoms with Crippen molar-refractivity contribution in [1.29, 1.82) is 0 Å². The molecule has 0 spiro atoms. The number of rotatable bonds is 3. The molecular weight excluding hydrogens is 352 g/mol. The number of aryl methyl sites for hydroxylation is 1. The molecule has 1 aromatic carbocycles. The molecule has 3 N–H and O–H groups in total. The van der Waals surface area contributed by atoms with Gasteiger partial charge in [-0.2, -0.15) is 4.68 Å². The van der Waals surface area contributed by atoms with Crippen LogP contribution in [-0.4, -0.2) is 32.2 Å². The molecule has 0 radical (unpaired) electrons. The predicted molar refractivity (Wildman–Crippen MR) is 101 cm³/mol. The molecule has 2 atom stereocenters. The Kier molecular flexibility index (Phi) is 5.58. The molecule has 2 unspecified atom stereocenters. The molecule has 4 rings (SSSR count). The first-order chi connectivity index (χ1) is 12.1. The number of fused-ring (bicyclic) bond motifs is 2. The molecule has 1 aromatic heterocycles. The number of halogens is 1. The Morgan fingerprint density at radius 3 is 2.65 bits per heavy atom. The number of hydrogen-bond acceptors (Lipinski definition) is 5. The highest BCUT2D eigenvalue weighted by Crippen LogP contribution is 2.42. The SMILES string of the molecule is Cc1nnnn1-c1cccc(NC(=O)C2CC3CCCC(C2)C3N)c1.Cl. The quantitative estimate of drug-likeness (QED) is 0.857. The van der Waals surface area contributed by atoms with Crippen molar-refractivity contribution in [3.8, 4) is 5.69 Å². The molecule has 0 aliphatic heterocycles. The van der Waals surface area contributed by atoms with E-state index in [9.17, 15) is 4.79 Å². The van der Waals surface area contributed by atoms with Crippen LogP contribution in [0.15, 0.2) is 24.3 Å². The predicted octanol–water partition coefficient (Wildman–Crippen LogP) is 2.48. The molecule has 2 aromatic rings. The Bertz CT molecular complexity index is 765. The number of anilines is 1. The maximum atomic E-state index is 12.8. The van der Waals surface area contributed by atoms with Crippen molar-refractivity contribution in [2.24, 2.45) is 23.5 Å². The number of carbonyl (C=O) groups is 1. The van der Waals surface area contributed by atoms with Crippen molar-refractivity contribution < 1.29 is 4.79 Å². The first-order valence-electron chi connectivity index (χ1n) is 9.03. The van der Waals surface area contributed by atoms with Crippen molar-refractivity contribution in [1.82, 2.24) is 20.2 Å². The number of aromatic nitrogens is 4. The van der Waals surface area contributed by atoms with Crippen LogP contribution < -0.4 is 11.1 Å².